The molecule has 1 atom stereocenters. The first kappa shape index (κ1) is 16.6. The predicted molar refractivity (Wildman–Crippen MR) is 74.4 cm³/mol. The van der Waals surface area contributed by atoms with Crippen molar-refractivity contribution < 1.29 is 34.4 Å². The Bertz CT molecular complexity index is 624. The van der Waals surface area contributed by atoms with Gasteiger partial charge < -0.3 is 4.90 Å². The van der Waals surface area contributed by atoms with Gasteiger partial charge in [-0.2, -0.15) is 5.26 Å². The van der Waals surface area contributed by atoms with Crippen LogP contribution in [0, 0.1) is 18.3 Å². The molecule has 0 aliphatic carbocycles. The van der Waals surface area contributed by atoms with E-state index in [-0.39, 0.29) is 35.5 Å². The minimum atomic E-state index is -0.992. The second-order valence-corrected chi connectivity index (χ2v) is 4.79. The molecule has 1 heterocycles. The smallest absolute Gasteiger partial charge is 0.308 e. The van der Waals surface area contributed by atoms with Crippen molar-refractivity contribution in [2.75, 3.05) is 0 Å². The van der Waals surface area contributed by atoms with E-state index in [2.05, 4.69) is 13.0 Å². The van der Waals surface area contributed by atoms with Crippen LogP contribution in [0.15, 0.2) is 42.1 Å². The maximum atomic E-state index is 12.2. The van der Waals surface area contributed by atoms with E-state index >= 15 is 0 Å². The van der Waals surface area contributed by atoms with E-state index in [1.807, 2.05) is 30.3 Å². The van der Waals surface area contributed by atoms with Crippen molar-refractivity contribution in [2.24, 2.45) is 0 Å². The normalized spacial score (nSPS) is 20.6. The molecule has 0 N–H and O–H groups in total. The van der Waals surface area contributed by atoms with Crippen molar-refractivity contribution in [1.29, 1.82) is 5.26 Å². The standard InChI is InChI=1S/C16H15N2O.Na/c1-12(2)10-15(19)18-9-8-13-6-4-5-7-14(13)16(18,3)11-17;/h4-10H,1H2,2-3H3;/q-1;+1/b12-10+;. The Morgan fingerprint density at radius 2 is 2.10 bits per heavy atom. The molecule has 0 aromatic heterocycles. The monoisotopic (exact) mass is 274 g/mol. The summed E-state index contributed by atoms with van der Waals surface area (Å²) in [5.74, 6) is -0.234. The number of nitriles is 1. The van der Waals surface area contributed by atoms with Crippen molar-refractivity contribution >= 4 is 12.0 Å². The number of hydrogen-bond donors (Lipinski definition) is 0. The minimum Gasteiger partial charge on any atom is -0.308 e. The number of nitrogens with zero attached hydrogens (tertiary/aromatic N) is 2. The van der Waals surface area contributed by atoms with Gasteiger partial charge in [0.05, 0.1) is 6.07 Å². The van der Waals surface area contributed by atoms with Gasteiger partial charge in [-0.3, -0.25) is 4.79 Å². The average Bonchev–Trinajstić information content (AvgIpc) is 2.38. The molecular weight excluding hydrogens is 259 g/mol. The largest absolute Gasteiger partial charge is 1.00 e. The molecular formula is C16H15N2NaO. The van der Waals surface area contributed by atoms with Crippen molar-refractivity contribution in [3.05, 3.63) is 60.2 Å². The molecule has 1 aromatic carbocycles. The Hall–Kier alpha value is -1.47. The first-order valence-electron chi connectivity index (χ1n) is 6.01. The Labute approximate surface area is 141 Å². The van der Waals surface area contributed by atoms with E-state index in [0.717, 1.165) is 11.1 Å². The molecule has 2 rings (SSSR count). The molecule has 0 fully saturated rings. The van der Waals surface area contributed by atoms with Gasteiger partial charge in [-0.25, -0.2) is 12.5 Å². The summed E-state index contributed by atoms with van der Waals surface area (Å²) in [6.07, 6.45) is 4.94. The second-order valence-electron chi connectivity index (χ2n) is 4.79. The number of allylic oxidation sites excluding steroid dienone is 1. The summed E-state index contributed by atoms with van der Waals surface area (Å²) in [7, 11) is 0. The van der Waals surface area contributed by atoms with Crippen LogP contribution in [-0.4, -0.2) is 10.8 Å². The van der Waals surface area contributed by atoms with Crippen LogP contribution in [0.2, 0.25) is 0 Å². The summed E-state index contributed by atoms with van der Waals surface area (Å²) in [5.41, 5.74) is 1.47. The van der Waals surface area contributed by atoms with Gasteiger partial charge in [0.15, 0.2) is 11.4 Å². The molecule has 0 bridgehead atoms. The maximum Gasteiger partial charge on any atom is 1.00 e. The second kappa shape index (κ2) is 6.32. The zero-order chi connectivity index (χ0) is 14.0. The number of carbonyl (C=O) groups excluding carboxylic acids is 1. The Morgan fingerprint density at radius 1 is 1.45 bits per heavy atom. The number of carbonyl (C=O) groups is 1. The van der Waals surface area contributed by atoms with Crippen LogP contribution in [0.5, 0.6) is 0 Å². The van der Waals surface area contributed by atoms with Gasteiger partial charge in [0.25, 0.3) is 0 Å². The van der Waals surface area contributed by atoms with Gasteiger partial charge >= 0.3 is 29.6 Å². The maximum absolute atomic E-state index is 12.2. The quantitative estimate of drug-likeness (QED) is 0.412. The predicted octanol–water partition coefficient (Wildman–Crippen LogP) is 0.0227. The molecule has 1 aromatic rings. The number of hydrogen-bond acceptors (Lipinski definition) is 2. The van der Waals surface area contributed by atoms with Gasteiger partial charge in [0.1, 0.15) is 0 Å². The fourth-order valence-corrected chi connectivity index (χ4v) is 2.21. The first-order chi connectivity index (χ1) is 8.99. The Kier molecular flexibility index (Phi) is 5.24. The molecule has 0 saturated carbocycles. The van der Waals surface area contributed by atoms with Gasteiger partial charge in [0, 0.05) is 6.20 Å². The van der Waals surface area contributed by atoms with Crippen molar-refractivity contribution in [3.63, 3.8) is 0 Å². The van der Waals surface area contributed by atoms with E-state index in [1.165, 1.54) is 11.0 Å². The number of rotatable bonds is 1. The minimum absolute atomic E-state index is 0. The van der Waals surface area contributed by atoms with Crippen LogP contribution < -0.4 is 29.6 Å². The van der Waals surface area contributed by atoms with Gasteiger partial charge in [-0.05, 0) is 24.1 Å². The molecule has 96 valence electrons. The van der Waals surface area contributed by atoms with E-state index in [0.29, 0.717) is 5.57 Å². The Balaban J connectivity index is 0.00000200. The summed E-state index contributed by atoms with van der Waals surface area (Å²) >= 11 is 0. The third-order valence-electron chi connectivity index (χ3n) is 3.20. The molecule has 1 aliphatic heterocycles. The van der Waals surface area contributed by atoms with E-state index in [9.17, 15) is 10.1 Å². The Morgan fingerprint density at radius 3 is 2.70 bits per heavy atom. The van der Waals surface area contributed by atoms with E-state index in [4.69, 9.17) is 0 Å². The van der Waals surface area contributed by atoms with Crippen molar-refractivity contribution in [1.82, 2.24) is 4.90 Å². The summed E-state index contributed by atoms with van der Waals surface area (Å²) in [5, 5.41) is 9.54. The fraction of sp³-hybridized carbons (Fsp3) is 0.188. The summed E-state index contributed by atoms with van der Waals surface area (Å²) < 4.78 is 0. The zero-order valence-corrected chi connectivity index (χ0v) is 14.1. The molecule has 0 saturated heterocycles. The van der Waals surface area contributed by atoms with Crippen LogP contribution >= 0.6 is 0 Å². The summed E-state index contributed by atoms with van der Waals surface area (Å²) in [6, 6.07) is 9.85. The molecule has 0 radical (unpaired) electrons. The molecule has 4 heteroatoms. The summed E-state index contributed by atoms with van der Waals surface area (Å²) in [6.45, 7) is 7.20. The van der Waals surface area contributed by atoms with Crippen LogP contribution in [-0.2, 0) is 10.3 Å². The van der Waals surface area contributed by atoms with Crippen LogP contribution in [0.25, 0.3) is 6.08 Å². The molecule has 0 spiro atoms. The fourth-order valence-electron chi connectivity index (χ4n) is 2.21. The molecule has 1 aliphatic rings. The van der Waals surface area contributed by atoms with Gasteiger partial charge in [-0.15, -0.1) is 6.08 Å². The third-order valence-corrected chi connectivity index (χ3v) is 3.20. The van der Waals surface area contributed by atoms with Gasteiger partial charge in [-0.1, -0.05) is 31.2 Å². The first-order valence-corrected chi connectivity index (χ1v) is 6.01. The topological polar surface area (TPSA) is 44.1 Å². The van der Waals surface area contributed by atoms with Crippen LogP contribution in [0.4, 0.5) is 0 Å². The zero-order valence-electron chi connectivity index (χ0n) is 12.1. The van der Waals surface area contributed by atoms with E-state index in [1.54, 1.807) is 20.0 Å². The molecule has 20 heavy (non-hydrogen) atoms. The third kappa shape index (κ3) is 2.83. The van der Waals surface area contributed by atoms with Gasteiger partial charge in [0.2, 0.25) is 0 Å². The molecule has 3 nitrogen and oxygen atoms in total. The number of fused-ring (bicyclic) bond motifs is 1. The van der Waals surface area contributed by atoms with Crippen LogP contribution in [0.1, 0.15) is 25.0 Å². The van der Waals surface area contributed by atoms with E-state index < -0.39 is 5.54 Å². The van der Waals surface area contributed by atoms with Crippen molar-refractivity contribution in [3.8, 4) is 6.07 Å². The summed E-state index contributed by atoms with van der Waals surface area (Å²) in [4.78, 5) is 13.6. The average molecular weight is 274 g/mol. The van der Waals surface area contributed by atoms with Crippen LogP contribution in [0.3, 0.4) is 0 Å². The molecule has 1 amide bonds. The number of amides is 1. The van der Waals surface area contributed by atoms with Crippen molar-refractivity contribution in [2.45, 2.75) is 19.4 Å². The molecule has 1 unspecified atom stereocenters. The number of benzene rings is 1. The SMILES string of the molecule is [CH2-]/C(C)=C\C(=O)N1C=Cc2ccccc2C1(C)C#N.[Na+].